The van der Waals surface area contributed by atoms with E-state index in [9.17, 15) is 18.0 Å². The summed E-state index contributed by atoms with van der Waals surface area (Å²) in [7, 11) is 1.65. The Morgan fingerprint density at radius 2 is 1.79 bits per heavy atom. The Morgan fingerprint density at radius 1 is 1.12 bits per heavy atom. The summed E-state index contributed by atoms with van der Waals surface area (Å²) >= 11 is 0. The van der Waals surface area contributed by atoms with Gasteiger partial charge in [0.2, 0.25) is 11.9 Å². The second-order valence-corrected chi connectivity index (χ2v) is 8.57. The number of ether oxygens (including phenoxy) is 3. The number of carbonyl (C=O) groups excluding carboxylic acids is 1. The molecule has 8 nitrogen and oxygen atoms in total. The normalized spacial score (nSPS) is 21.1. The lowest BCUT2D eigenvalue weighted by Gasteiger charge is -2.32. The molecule has 0 radical (unpaired) electrons. The van der Waals surface area contributed by atoms with Gasteiger partial charge in [0.05, 0.1) is 24.6 Å². The predicted molar refractivity (Wildman–Crippen MR) is 118 cm³/mol. The minimum absolute atomic E-state index is 0.0145. The summed E-state index contributed by atoms with van der Waals surface area (Å²) in [6.07, 6.45) is -0.280. The van der Waals surface area contributed by atoms with Gasteiger partial charge in [0, 0.05) is 31.8 Å². The number of carbonyl (C=O) groups is 1. The quantitative estimate of drug-likeness (QED) is 0.627. The SMILES string of the molecule is COC1CC(C(=O)Nc2ccc(Oc3cnc(N4CCC(OC(F)(F)F)CC4)nc3)c(C)c2)C1. The van der Waals surface area contributed by atoms with Crippen molar-refractivity contribution in [2.45, 2.75) is 51.2 Å². The summed E-state index contributed by atoms with van der Waals surface area (Å²) in [5, 5.41) is 2.93. The van der Waals surface area contributed by atoms with Crippen LogP contribution in [0.1, 0.15) is 31.2 Å². The molecule has 0 unspecified atom stereocenters. The molecule has 1 aliphatic carbocycles. The van der Waals surface area contributed by atoms with Gasteiger partial charge in [-0.05, 0) is 56.4 Å². The molecule has 2 fully saturated rings. The fourth-order valence-corrected chi connectivity index (χ4v) is 4.07. The van der Waals surface area contributed by atoms with Crippen LogP contribution in [0.25, 0.3) is 0 Å². The molecule has 1 aliphatic heterocycles. The number of nitrogens with zero attached hydrogens (tertiary/aromatic N) is 3. The molecule has 1 aromatic heterocycles. The Bertz CT molecular complexity index is 989. The molecule has 1 N–H and O–H groups in total. The molecule has 1 amide bonds. The van der Waals surface area contributed by atoms with Gasteiger partial charge in [-0.2, -0.15) is 0 Å². The van der Waals surface area contributed by atoms with E-state index in [1.54, 1.807) is 19.2 Å². The fraction of sp³-hybridized carbons (Fsp3) is 0.522. The number of aromatic nitrogens is 2. The highest BCUT2D eigenvalue weighted by atomic mass is 19.4. The second-order valence-electron chi connectivity index (χ2n) is 8.57. The van der Waals surface area contributed by atoms with Crippen LogP contribution >= 0.6 is 0 Å². The van der Waals surface area contributed by atoms with Crippen LogP contribution in [0.3, 0.4) is 0 Å². The minimum atomic E-state index is -4.62. The average molecular weight is 480 g/mol. The first-order chi connectivity index (χ1) is 16.2. The Hall–Kier alpha value is -2.92. The Labute approximate surface area is 195 Å². The van der Waals surface area contributed by atoms with Crippen molar-refractivity contribution in [2.24, 2.45) is 5.92 Å². The third kappa shape index (κ3) is 6.15. The number of rotatable bonds is 7. The summed E-state index contributed by atoms with van der Waals surface area (Å²) < 4.78 is 52.3. The van der Waals surface area contributed by atoms with E-state index in [1.807, 2.05) is 17.9 Å². The highest BCUT2D eigenvalue weighted by Crippen LogP contribution is 2.32. The highest BCUT2D eigenvalue weighted by Gasteiger charge is 2.36. The first kappa shape index (κ1) is 24.2. The number of halogens is 3. The molecule has 0 spiro atoms. The van der Waals surface area contributed by atoms with Crippen LogP contribution in [-0.4, -0.2) is 54.6 Å². The number of hydrogen-bond acceptors (Lipinski definition) is 7. The van der Waals surface area contributed by atoms with Crippen molar-refractivity contribution in [1.29, 1.82) is 0 Å². The van der Waals surface area contributed by atoms with E-state index in [0.29, 0.717) is 36.2 Å². The zero-order chi connectivity index (χ0) is 24.3. The van der Waals surface area contributed by atoms with Crippen LogP contribution in [0.2, 0.25) is 0 Å². The molecule has 34 heavy (non-hydrogen) atoms. The molecule has 2 aliphatic rings. The van der Waals surface area contributed by atoms with E-state index in [2.05, 4.69) is 20.0 Å². The fourth-order valence-electron chi connectivity index (χ4n) is 4.07. The van der Waals surface area contributed by atoms with E-state index >= 15 is 0 Å². The van der Waals surface area contributed by atoms with Gasteiger partial charge in [0.1, 0.15) is 5.75 Å². The van der Waals surface area contributed by atoms with Gasteiger partial charge in [0.25, 0.3) is 0 Å². The van der Waals surface area contributed by atoms with E-state index in [0.717, 1.165) is 18.4 Å². The lowest BCUT2D eigenvalue weighted by Crippen LogP contribution is -2.39. The standard InChI is InChI=1S/C23H27F3N4O4/c1-14-9-16(29-21(31)15-10-18(11-15)32-2)3-4-20(14)33-19-12-27-22(28-13-19)30-7-5-17(6-8-30)34-23(24,25)26/h3-4,9,12-13,15,17-18H,5-8,10-11H2,1-2H3,(H,29,31). The number of piperidine rings is 1. The van der Waals surface area contributed by atoms with Crippen molar-refractivity contribution in [3.8, 4) is 11.5 Å². The topological polar surface area (TPSA) is 85.8 Å². The third-order valence-corrected chi connectivity index (χ3v) is 6.11. The van der Waals surface area contributed by atoms with Gasteiger partial charge in [-0.3, -0.25) is 9.53 Å². The van der Waals surface area contributed by atoms with Crippen LogP contribution in [0.15, 0.2) is 30.6 Å². The van der Waals surface area contributed by atoms with Crippen molar-refractivity contribution in [3.63, 3.8) is 0 Å². The second kappa shape index (κ2) is 10.1. The molecule has 11 heteroatoms. The first-order valence-electron chi connectivity index (χ1n) is 11.1. The molecule has 0 bridgehead atoms. The smallest absolute Gasteiger partial charge is 0.454 e. The minimum Gasteiger partial charge on any atom is -0.454 e. The first-order valence-corrected chi connectivity index (χ1v) is 11.1. The number of methoxy groups -OCH3 is 1. The summed E-state index contributed by atoms with van der Waals surface area (Å²) in [6.45, 7) is 2.62. The Kier molecular flexibility index (Phi) is 7.22. The lowest BCUT2D eigenvalue weighted by atomic mass is 9.81. The van der Waals surface area contributed by atoms with Gasteiger partial charge in [0.15, 0.2) is 5.75 Å². The molecule has 184 valence electrons. The maximum Gasteiger partial charge on any atom is 0.522 e. The Morgan fingerprint density at radius 3 is 2.38 bits per heavy atom. The number of benzene rings is 1. The molecule has 2 heterocycles. The van der Waals surface area contributed by atoms with Crippen molar-refractivity contribution in [2.75, 3.05) is 30.4 Å². The number of nitrogens with one attached hydrogen (secondary N) is 1. The van der Waals surface area contributed by atoms with E-state index in [1.165, 1.54) is 12.4 Å². The van der Waals surface area contributed by atoms with Crippen LogP contribution in [0, 0.1) is 12.8 Å². The van der Waals surface area contributed by atoms with E-state index in [4.69, 9.17) is 9.47 Å². The zero-order valence-electron chi connectivity index (χ0n) is 19.0. The number of hydrogen-bond donors (Lipinski definition) is 1. The monoisotopic (exact) mass is 480 g/mol. The molecule has 1 aromatic carbocycles. The average Bonchev–Trinajstić information content (AvgIpc) is 2.75. The summed E-state index contributed by atoms with van der Waals surface area (Å²) in [5.41, 5.74) is 1.53. The van der Waals surface area contributed by atoms with Crippen molar-refractivity contribution in [3.05, 3.63) is 36.2 Å². The molecular formula is C23H27F3N4O4. The third-order valence-electron chi connectivity index (χ3n) is 6.11. The van der Waals surface area contributed by atoms with Crippen molar-refractivity contribution < 1.29 is 32.2 Å². The summed E-state index contributed by atoms with van der Waals surface area (Å²) in [5.74, 6) is 1.42. The Balaban J connectivity index is 1.29. The van der Waals surface area contributed by atoms with Gasteiger partial charge < -0.3 is 19.7 Å². The van der Waals surface area contributed by atoms with Gasteiger partial charge in [-0.25, -0.2) is 9.97 Å². The molecule has 1 saturated carbocycles. The molecule has 1 saturated heterocycles. The van der Waals surface area contributed by atoms with E-state index < -0.39 is 12.5 Å². The van der Waals surface area contributed by atoms with Gasteiger partial charge >= 0.3 is 6.36 Å². The molecule has 2 aromatic rings. The van der Waals surface area contributed by atoms with Gasteiger partial charge in [-0.15, -0.1) is 13.2 Å². The number of aryl methyl sites for hydroxylation is 1. The summed E-state index contributed by atoms with van der Waals surface area (Å²) in [6, 6.07) is 5.38. The maximum atomic E-state index is 12.4. The largest absolute Gasteiger partial charge is 0.522 e. The van der Waals surface area contributed by atoms with Crippen LogP contribution in [0.4, 0.5) is 24.8 Å². The zero-order valence-corrected chi connectivity index (χ0v) is 19.0. The lowest BCUT2D eigenvalue weighted by molar-refractivity contribution is -0.344. The number of anilines is 2. The predicted octanol–water partition coefficient (Wildman–Crippen LogP) is 4.45. The van der Waals surface area contributed by atoms with Crippen molar-refractivity contribution in [1.82, 2.24) is 9.97 Å². The van der Waals surface area contributed by atoms with Crippen LogP contribution in [0.5, 0.6) is 11.5 Å². The van der Waals surface area contributed by atoms with Gasteiger partial charge in [-0.1, -0.05) is 0 Å². The van der Waals surface area contributed by atoms with Crippen LogP contribution in [-0.2, 0) is 14.3 Å². The molecule has 0 atom stereocenters. The number of alkyl halides is 3. The number of amides is 1. The molecular weight excluding hydrogens is 453 g/mol. The summed E-state index contributed by atoms with van der Waals surface area (Å²) in [4.78, 5) is 22.7. The van der Waals surface area contributed by atoms with Crippen molar-refractivity contribution >= 4 is 17.5 Å². The molecule has 4 rings (SSSR count). The van der Waals surface area contributed by atoms with E-state index in [-0.39, 0.29) is 30.8 Å². The van der Waals surface area contributed by atoms with Crippen LogP contribution < -0.4 is 15.0 Å². The maximum absolute atomic E-state index is 12.4. The highest BCUT2D eigenvalue weighted by molar-refractivity contribution is 5.93.